The third-order valence-electron chi connectivity index (χ3n) is 2.94. The number of nitrogens with one attached hydrogen (secondary N) is 1. The first-order chi connectivity index (χ1) is 8.58. The molecule has 1 N–H and O–H groups in total. The highest BCUT2D eigenvalue weighted by Crippen LogP contribution is 2.14. The monoisotopic (exact) mass is 247 g/mol. The standard InChI is InChI=1S/C16H25NO/c1-13(2)9-14(3)10-16(18)12-17-11-15-7-5-4-6-8-15/h4-8,13-14,17H,9-12H2,1-3H3. The van der Waals surface area contributed by atoms with Crippen LogP contribution in [0.15, 0.2) is 30.3 Å². The number of rotatable bonds is 8. The molecule has 100 valence electrons. The van der Waals surface area contributed by atoms with Crippen molar-refractivity contribution in [3.8, 4) is 0 Å². The van der Waals surface area contributed by atoms with E-state index in [2.05, 4.69) is 38.2 Å². The largest absolute Gasteiger partial charge is 0.306 e. The van der Waals surface area contributed by atoms with Gasteiger partial charge in [0.15, 0.2) is 0 Å². The van der Waals surface area contributed by atoms with Gasteiger partial charge in [0.05, 0.1) is 6.54 Å². The Hall–Kier alpha value is -1.15. The Morgan fingerprint density at radius 1 is 1.17 bits per heavy atom. The molecule has 0 spiro atoms. The molecule has 2 nitrogen and oxygen atoms in total. The minimum Gasteiger partial charge on any atom is -0.306 e. The van der Waals surface area contributed by atoms with Gasteiger partial charge in [-0.2, -0.15) is 0 Å². The molecule has 2 heteroatoms. The molecular weight excluding hydrogens is 222 g/mol. The highest BCUT2D eigenvalue weighted by Gasteiger charge is 2.10. The van der Waals surface area contributed by atoms with Crippen LogP contribution in [0.4, 0.5) is 0 Å². The topological polar surface area (TPSA) is 29.1 Å². The summed E-state index contributed by atoms with van der Waals surface area (Å²) in [5.74, 6) is 1.49. The third kappa shape index (κ3) is 6.55. The molecule has 1 aromatic carbocycles. The fourth-order valence-corrected chi connectivity index (χ4v) is 2.29. The van der Waals surface area contributed by atoms with Crippen LogP contribution in [-0.2, 0) is 11.3 Å². The maximum absolute atomic E-state index is 11.8. The Bertz CT molecular complexity index is 345. The molecule has 18 heavy (non-hydrogen) atoms. The van der Waals surface area contributed by atoms with Gasteiger partial charge in [0.1, 0.15) is 5.78 Å². The Morgan fingerprint density at radius 2 is 1.83 bits per heavy atom. The molecule has 0 heterocycles. The summed E-state index contributed by atoms with van der Waals surface area (Å²) in [6, 6.07) is 10.2. The van der Waals surface area contributed by atoms with E-state index in [1.165, 1.54) is 5.56 Å². The van der Waals surface area contributed by atoms with Gasteiger partial charge in [-0.3, -0.25) is 4.79 Å². The van der Waals surface area contributed by atoms with E-state index in [1.807, 2.05) is 18.2 Å². The number of hydrogen-bond acceptors (Lipinski definition) is 2. The Kier molecular flexibility index (Phi) is 6.66. The van der Waals surface area contributed by atoms with E-state index in [0.717, 1.165) is 13.0 Å². The van der Waals surface area contributed by atoms with Crippen molar-refractivity contribution in [2.45, 2.75) is 40.2 Å². The van der Waals surface area contributed by atoms with E-state index in [4.69, 9.17) is 0 Å². The summed E-state index contributed by atoms with van der Waals surface area (Å²) in [6.07, 6.45) is 1.82. The molecule has 0 aliphatic rings. The molecule has 1 unspecified atom stereocenters. The van der Waals surface area contributed by atoms with Crippen LogP contribution in [0.2, 0.25) is 0 Å². The van der Waals surface area contributed by atoms with Gasteiger partial charge in [0, 0.05) is 13.0 Å². The Labute approximate surface area is 111 Å². The van der Waals surface area contributed by atoms with Crippen LogP contribution >= 0.6 is 0 Å². The molecular formula is C16H25NO. The van der Waals surface area contributed by atoms with Crippen molar-refractivity contribution in [2.24, 2.45) is 11.8 Å². The Morgan fingerprint density at radius 3 is 2.44 bits per heavy atom. The average Bonchev–Trinajstić information content (AvgIpc) is 2.29. The normalized spacial score (nSPS) is 12.7. The molecule has 0 saturated carbocycles. The minimum atomic E-state index is 0.319. The summed E-state index contributed by atoms with van der Waals surface area (Å²) in [5.41, 5.74) is 1.22. The van der Waals surface area contributed by atoms with E-state index >= 15 is 0 Å². The first-order valence-electron chi connectivity index (χ1n) is 6.84. The maximum Gasteiger partial charge on any atom is 0.146 e. The number of ketones is 1. The second kappa shape index (κ2) is 8.04. The van der Waals surface area contributed by atoms with Crippen LogP contribution in [0.25, 0.3) is 0 Å². The van der Waals surface area contributed by atoms with Crippen LogP contribution < -0.4 is 5.32 Å². The van der Waals surface area contributed by atoms with Gasteiger partial charge in [-0.25, -0.2) is 0 Å². The van der Waals surface area contributed by atoms with E-state index in [9.17, 15) is 4.79 Å². The van der Waals surface area contributed by atoms with Crippen LogP contribution in [0.1, 0.15) is 39.2 Å². The van der Waals surface area contributed by atoms with Crippen LogP contribution in [0.5, 0.6) is 0 Å². The first-order valence-corrected chi connectivity index (χ1v) is 6.84. The number of carbonyl (C=O) groups is 1. The summed E-state index contributed by atoms with van der Waals surface area (Å²) < 4.78 is 0. The summed E-state index contributed by atoms with van der Waals surface area (Å²) in [6.45, 7) is 7.82. The smallest absolute Gasteiger partial charge is 0.146 e. The number of benzene rings is 1. The van der Waals surface area contributed by atoms with Gasteiger partial charge >= 0.3 is 0 Å². The van der Waals surface area contributed by atoms with Crippen molar-refractivity contribution in [1.29, 1.82) is 0 Å². The second-order valence-electron chi connectivity index (χ2n) is 5.57. The van der Waals surface area contributed by atoms with Crippen molar-refractivity contribution >= 4 is 5.78 Å². The summed E-state index contributed by atoms with van der Waals surface area (Å²) in [5, 5.41) is 3.21. The van der Waals surface area contributed by atoms with E-state index in [-0.39, 0.29) is 0 Å². The fraction of sp³-hybridized carbons (Fsp3) is 0.562. The van der Waals surface area contributed by atoms with Crippen molar-refractivity contribution in [2.75, 3.05) is 6.54 Å². The van der Waals surface area contributed by atoms with E-state index < -0.39 is 0 Å². The lowest BCUT2D eigenvalue weighted by Crippen LogP contribution is -2.24. The van der Waals surface area contributed by atoms with Crippen molar-refractivity contribution in [3.05, 3.63) is 35.9 Å². The summed E-state index contributed by atoms with van der Waals surface area (Å²) in [4.78, 5) is 11.8. The third-order valence-corrected chi connectivity index (χ3v) is 2.94. The highest BCUT2D eigenvalue weighted by atomic mass is 16.1. The van der Waals surface area contributed by atoms with Crippen molar-refractivity contribution in [1.82, 2.24) is 5.32 Å². The fourth-order valence-electron chi connectivity index (χ4n) is 2.29. The molecule has 1 atom stereocenters. The summed E-state index contributed by atoms with van der Waals surface area (Å²) in [7, 11) is 0. The zero-order chi connectivity index (χ0) is 13.4. The Balaban J connectivity index is 2.17. The SMILES string of the molecule is CC(C)CC(C)CC(=O)CNCc1ccccc1. The lowest BCUT2D eigenvalue weighted by molar-refractivity contribution is -0.119. The van der Waals surface area contributed by atoms with Gasteiger partial charge in [-0.05, 0) is 23.8 Å². The van der Waals surface area contributed by atoms with Gasteiger partial charge in [0.2, 0.25) is 0 Å². The molecule has 1 aromatic rings. The van der Waals surface area contributed by atoms with Crippen molar-refractivity contribution < 1.29 is 4.79 Å². The molecule has 0 amide bonds. The molecule has 0 aliphatic carbocycles. The quantitative estimate of drug-likeness (QED) is 0.762. The number of hydrogen-bond donors (Lipinski definition) is 1. The lowest BCUT2D eigenvalue weighted by atomic mass is 9.94. The van der Waals surface area contributed by atoms with Crippen LogP contribution in [0.3, 0.4) is 0 Å². The van der Waals surface area contributed by atoms with Gasteiger partial charge in [0.25, 0.3) is 0 Å². The molecule has 0 saturated heterocycles. The van der Waals surface area contributed by atoms with Crippen LogP contribution in [0, 0.1) is 11.8 Å². The molecule has 1 rings (SSSR count). The van der Waals surface area contributed by atoms with E-state index in [1.54, 1.807) is 0 Å². The number of Topliss-reactive ketones (excluding diaryl/α,β-unsaturated/α-hetero) is 1. The zero-order valence-electron chi connectivity index (χ0n) is 11.8. The first kappa shape index (κ1) is 14.9. The molecule has 0 radical (unpaired) electrons. The van der Waals surface area contributed by atoms with Gasteiger partial charge in [-0.15, -0.1) is 0 Å². The van der Waals surface area contributed by atoms with Gasteiger partial charge < -0.3 is 5.32 Å². The predicted molar refractivity (Wildman–Crippen MR) is 76.4 cm³/mol. The zero-order valence-corrected chi connectivity index (χ0v) is 11.8. The lowest BCUT2D eigenvalue weighted by Gasteiger charge is -2.13. The molecule has 0 bridgehead atoms. The molecule has 0 aromatic heterocycles. The molecule has 0 aliphatic heterocycles. The van der Waals surface area contributed by atoms with Crippen LogP contribution in [-0.4, -0.2) is 12.3 Å². The van der Waals surface area contributed by atoms with Crippen molar-refractivity contribution in [3.63, 3.8) is 0 Å². The average molecular weight is 247 g/mol. The minimum absolute atomic E-state index is 0.319. The van der Waals surface area contributed by atoms with E-state index in [0.29, 0.717) is 30.6 Å². The molecule has 0 fully saturated rings. The number of carbonyl (C=O) groups excluding carboxylic acids is 1. The highest BCUT2D eigenvalue weighted by molar-refractivity contribution is 5.80. The second-order valence-corrected chi connectivity index (χ2v) is 5.57. The maximum atomic E-state index is 11.8. The van der Waals surface area contributed by atoms with Gasteiger partial charge in [-0.1, -0.05) is 51.1 Å². The predicted octanol–water partition coefficient (Wildman–Crippen LogP) is 3.42. The summed E-state index contributed by atoms with van der Waals surface area (Å²) >= 11 is 0.